The summed E-state index contributed by atoms with van der Waals surface area (Å²) >= 11 is 0. The van der Waals surface area contributed by atoms with E-state index in [2.05, 4.69) is 5.32 Å². The molecule has 0 unspecified atom stereocenters. The summed E-state index contributed by atoms with van der Waals surface area (Å²) in [6.45, 7) is 0.410. The minimum absolute atomic E-state index is 0.0706. The third kappa shape index (κ3) is 4.34. The van der Waals surface area contributed by atoms with Crippen LogP contribution in [0.2, 0.25) is 0 Å². The van der Waals surface area contributed by atoms with E-state index in [9.17, 15) is 9.82 Å². The number of methoxy groups -OCH3 is 1. The number of hydrogen-bond donors (Lipinski definition) is 2. The monoisotopic (exact) mass is 387 g/mol. The van der Waals surface area contributed by atoms with Crippen molar-refractivity contribution in [1.29, 1.82) is 0 Å². The molecule has 2 N–H and O–H groups in total. The van der Waals surface area contributed by atoms with E-state index in [-0.39, 0.29) is 5.91 Å². The van der Waals surface area contributed by atoms with Gasteiger partial charge in [0.1, 0.15) is 5.75 Å². The zero-order valence-electron chi connectivity index (χ0n) is 16.2. The molecule has 0 atom stereocenters. The van der Waals surface area contributed by atoms with Crippen LogP contribution in [0.15, 0.2) is 66.7 Å². The number of rotatable bonds is 6. The third-order valence-corrected chi connectivity index (χ3v) is 5.10. The average Bonchev–Trinajstić information content (AvgIpc) is 3.14. The first-order valence-electron chi connectivity index (χ1n) is 9.59. The van der Waals surface area contributed by atoms with Crippen LogP contribution in [0.1, 0.15) is 17.5 Å². The summed E-state index contributed by atoms with van der Waals surface area (Å²) in [5, 5.41) is 13.0. The van der Waals surface area contributed by atoms with Gasteiger partial charge in [0.2, 0.25) is 5.91 Å². The SMILES string of the molecule is COc1cccc(-c2cccc(NC(=O)CCc3cccc4c3B(O)OC4)c2)c1. The lowest BCUT2D eigenvalue weighted by Crippen LogP contribution is -2.31. The van der Waals surface area contributed by atoms with E-state index in [4.69, 9.17) is 9.39 Å². The second-order valence-corrected chi connectivity index (χ2v) is 7.01. The number of hydrogen-bond acceptors (Lipinski definition) is 4. The molecular formula is C23H22BNO4. The van der Waals surface area contributed by atoms with Crippen LogP contribution in [0.5, 0.6) is 5.75 Å². The van der Waals surface area contributed by atoms with Crippen LogP contribution in [0.4, 0.5) is 5.69 Å². The predicted molar refractivity (Wildman–Crippen MR) is 114 cm³/mol. The number of ether oxygens (including phenoxy) is 1. The molecule has 0 fully saturated rings. The highest BCUT2D eigenvalue weighted by molar-refractivity contribution is 6.62. The van der Waals surface area contributed by atoms with Gasteiger partial charge < -0.3 is 19.7 Å². The maximum Gasteiger partial charge on any atom is 0.492 e. The second-order valence-electron chi connectivity index (χ2n) is 7.01. The summed E-state index contributed by atoms with van der Waals surface area (Å²) in [4.78, 5) is 12.5. The van der Waals surface area contributed by atoms with Crippen molar-refractivity contribution >= 4 is 24.2 Å². The fourth-order valence-electron chi connectivity index (χ4n) is 3.63. The van der Waals surface area contributed by atoms with Crippen molar-refractivity contribution in [3.63, 3.8) is 0 Å². The van der Waals surface area contributed by atoms with Crippen LogP contribution < -0.4 is 15.5 Å². The van der Waals surface area contributed by atoms with Crippen LogP contribution in [-0.4, -0.2) is 25.2 Å². The fraction of sp³-hybridized carbons (Fsp3) is 0.174. The number of anilines is 1. The maximum atomic E-state index is 12.5. The van der Waals surface area contributed by atoms with E-state index in [0.29, 0.717) is 19.4 Å². The van der Waals surface area contributed by atoms with Crippen molar-refractivity contribution in [3.8, 4) is 16.9 Å². The van der Waals surface area contributed by atoms with Crippen LogP contribution in [0.25, 0.3) is 11.1 Å². The smallest absolute Gasteiger partial charge is 0.492 e. The van der Waals surface area contributed by atoms with Gasteiger partial charge in [-0.1, -0.05) is 42.5 Å². The molecule has 0 aliphatic carbocycles. The molecule has 0 spiro atoms. The van der Waals surface area contributed by atoms with Crippen molar-refractivity contribution in [1.82, 2.24) is 0 Å². The fourth-order valence-corrected chi connectivity index (χ4v) is 3.63. The summed E-state index contributed by atoms with van der Waals surface area (Å²) in [7, 11) is 0.743. The van der Waals surface area contributed by atoms with E-state index < -0.39 is 7.12 Å². The third-order valence-electron chi connectivity index (χ3n) is 5.10. The molecule has 1 aliphatic heterocycles. The average molecular weight is 387 g/mol. The van der Waals surface area contributed by atoms with E-state index >= 15 is 0 Å². The Bertz CT molecular complexity index is 1040. The predicted octanol–water partition coefficient (Wildman–Crippen LogP) is 3.15. The molecule has 1 aliphatic rings. The van der Waals surface area contributed by atoms with E-state index in [1.165, 1.54) is 0 Å². The number of aryl methyl sites for hydroxylation is 1. The minimum atomic E-state index is -0.899. The van der Waals surface area contributed by atoms with Gasteiger partial charge >= 0.3 is 7.12 Å². The molecule has 5 nitrogen and oxygen atoms in total. The molecule has 146 valence electrons. The van der Waals surface area contributed by atoms with Gasteiger partial charge in [-0.05, 0) is 58.4 Å². The number of amides is 1. The first-order chi connectivity index (χ1) is 14.1. The van der Waals surface area contributed by atoms with Gasteiger partial charge in [-0.25, -0.2) is 0 Å². The molecular weight excluding hydrogens is 365 g/mol. The van der Waals surface area contributed by atoms with Crippen molar-refractivity contribution < 1.29 is 19.2 Å². The molecule has 29 heavy (non-hydrogen) atoms. The Morgan fingerprint density at radius 3 is 2.69 bits per heavy atom. The molecule has 4 rings (SSSR count). The Hall–Kier alpha value is -3.09. The molecule has 0 bridgehead atoms. The van der Waals surface area contributed by atoms with Crippen LogP contribution >= 0.6 is 0 Å². The molecule has 1 heterocycles. The quantitative estimate of drug-likeness (QED) is 0.638. The van der Waals surface area contributed by atoms with E-state index in [0.717, 1.165) is 39.2 Å². The molecule has 0 saturated heterocycles. The standard InChI is InChI=1S/C23H22BNO4/c1-28-21-10-4-7-18(14-21)17-6-3-9-20(13-17)25-22(26)12-11-16-5-2-8-19-15-29-24(27)23(16)19/h2-10,13-14,27H,11-12,15H2,1H3,(H,25,26). The molecule has 0 aromatic heterocycles. The molecule has 0 saturated carbocycles. The first-order valence-corrected chi connectivity index (χ1v) is 9.59. The van der Waals surface area contributed by atoms with E-state index in [1.807, 2.05) is 66.7 Å². The lowest BCUT2D eigenvalue weighted by Gasteiger charge is -2.10. The first kappa shape index (κ1) is 19.2. The van der Waals surface area contributed by atoms with Crippen molar-refractivity contribution in [3.05, 3.63) is 77.9 Å². The molecule has 6 heteroatoms. The number of fused-ring (bicyclic) bond motifs is 1. The number of carbonyl (C=O) groups is 1. The molecule has 0 radical (unpaired) electrons. The summed E-state index contributed by atoms with van der Waals surface area (Å²) in [5.74, 6) is 0.720. The Kier molecular flexibility index (Phi) is 5.65. The lowest BCUT2D eigenvalue weighted by molar-refractivity contribution is -0.116. The Morgan fingerprint density at radius 2 is 1.86 bits per heavy atom. The Labute approximate surface area is 170 Å². The number of benzene rings is 3. The number of nitrogens with one attached hydrogen (secondary N) is 1. The zero-order valence-corrected chi connectivity index (χ0v) is 16.2. The minimum Gasteiger partial charge on any atom is -0.497 e. The van der Waals surface area contributed by atoms with Gasteiger partial charge in [0, 0.05) is 12.1 Å². The van der Waals surface area contributed by atoms with Gasteiger partial charge in [0.15, 0.2) is 0 Å². The Balaban J connectivity index is 1.43. The topological polar surface area (TPSA) is 67.8 Å². The summed E-state index contributed by atoms with van der Waals surface area (Å²) in [5.41, 5.74) is 5.52. The summed E-state index contributed by atoms with van der Waals surface area (Å²) in [6, 6.07) is 21.4. The second kappa shape index (κ2) is 8.51. The maximum absolute atomic E-state index is 12.5. The summed E-state index contributed by atoms with van der Waals surface area (Å²) in [6.07, 6.45) is 0.873. The lowest BCUT2D eigenvalue weighted by atomic mass is 9.75. The van der Waals surface area contributed by atoms with Gasteiger partial charge in [-0.15, -0.1) is 0 Å². The largest absolute Gasteiger partial charge is 0.497 e. The van der Waals surface area contributed by atoms with Crippen LogP contribution in [0.3, 0.4) is 0 Å². The van der Waals surface area contributed by atoms with Gasteiger partial charge in [-0.2, -0.15) is 0 Å². The normalized spacial score (nSPS) is 12.6. The molecule has 3 aromatic carbocycles. The van der Waals surface area contributed by atoms with Crippen molar-refractivity contribution in [2.75, 3.05) is 12.4 Å². The molecule has 1 amide bonds. The van der Waals surface area contributed by atoms with Gasteiger partial charge in [-0.3, -0.25) is 4.79 Å². The van der Waals surface area contributed by atoms with Crippen LogP contribution in [-0.2, 0) is 22.5 Å². The van der Waals surface area contributed by atoms with Gasteiger partial charge in [0.25, 0.3) is 0 Å². The van der Waals surface area contributed by atoms with Gasteiger partial charge in [0.05, 0.1) is 13.7 Å². The molecule has 3 aromatic rings. The highest BCUT2D eigenvalue weighted by Gasteiger charge is 2.29. The zero-order chi connectivity index (χ0) is 20.2. The highest BCUT2D eigenvalue weighted by atomic mass is 16.5. The van der Waals surface area contributed by atoms with Crippen molar-refractivity contribution in [2.24, 2.45) is 0 Å². The van der Waals surface area contributed by atoms with E-state index in [1.54, 1.807) is 7.11 Å². The summed E-state index contributed by atoms with van der Waals surface area (Å²) < 4.78 is 10.6. The highest BCUT2D eigenvalue weighted by Crippen LogP contribution is 2.26. The van der Waals surface area contributed by atoms with Crippen molar-refractivity contribution in [2.45, 2.75) is 19.4 Å². The number of carbonyl (C=O) groups excluding carboxylic acids is 1. The van der Waals surface area contributed by atoms with Crippen LogP contribution in [0, 0.1) is 0 Å². The Morgan fingerprint density at radius 1 is 1.10 bits per heavy atom.